The second kappa shape index (κ2) is 5.45. The molecule has 6 heteroatoms. The average molecular weight is 311 g/mol. The van der Waals surface area contributed by atoms with Gasteiger partial charge < -0.3 is 20.1 Å². The van der Waals surface area contributed by atoms with Crippen LogP contribution in [-0.2, 0) is 0 Å². The molecule has 0 radical (unpaired) electrons. The molecule has 2 atom stereocenters. The quantitative estimate of drug-likeness (QED) is 0.787. The van der Waals surface area contributed by atoms with Crippen LogP contribution in [0.15, 0.2) is 41.5 Å². The highest BCUT2D eigenvalue weighted by Crippen LogP contribution is 2.41. The fourth-order valence-corrected chi connectivity index (χ4v) is 2.72. The minimum Gasteiger partial charge on any atom is -0.485 e. The molecule has 0 spiro atoms. The number of anilines is 1. The van der Waals surface area contributed by atoms with Crippen molar-refractivity contribution in [3.05, 3.63) is 58.0 Å². The minimum atomic E-state index is -0.899. The lowest BCUT2D eigenvalue weighted by molar-refractivity contribution is -0.0532. The van der Waals surface area contributed by atoms with Gasteiger partial charge in [-0.15, -0.1) is 0 Å². The van der Waals surface area contributed by atoms with E-state index < -0.39 is 17.7 Å². The lowest BCUT2D eigenvalue weighted by Gasteiger charge is -2.42. The molecule has 23 heavy (non-hydrogen) atoms. The predicted molar refractivity (Wildman–Crippen MR) is 85.3 cm³/mol. The molecular formula is C17H17N3O3. The number of hydrogen-bond donors (Lipinski definition) is 3. The summed E-state index contributed by atoms with van der Waals surface area (Å²) in [5.41, 5.74) is 0.452. The molecule has 0 bridgehead atoms. The summed E-state index contributed by atoms with van der Waals surface area (Å²) in [6.45, 7) is 3.56. The maximum atomic E-state index is 11.9. The first-order valence-corrected chi connectivity index (χ1v) is 7.27. The molecule has 0 fully saturated rings. The standard InChI is InChI=1S/C17H17N3O3/c1-17(2)16(22)15(20-12-9-19-6-5-13(12)21)11-7-10(8-18)3-4-14(11)23-17/h3-7,9,15-16,20,22H,1-2H3,(H,19,21). The molecule has 0 saturated heterocycles. The maximum Gasteiger partial charge on any atom is 0.204 e. The first-order chi connectivity index (χ1) is 10.9. The van der Waals surface area contributed by atoms with E-state index in [-0.39, 0.29) is 5.43 Å². The smallest absolute Gasteiger partial charge is 0.204 e. The van der Waals surface area contributed by atoms with Crippen LogP contribution < -0.4 is 15.5 Å². The van der Waals surface area contributed by atoms with Gasteiger partial charge in [-0.05, 0) is 32.0 Å². The molecule has 1 aliphatic heterocycles. The van der Waals surface area contributed by atoms with Crippen LogP contribution >= 0.6 is 0 Å². The minimum absolute atomic E-state index is 0.182. The van der Waals surface area contributed by atoms with Crippen molar-refractivity contribution in [3.8, 4) is 11.8 Å². The normalized spacial score (nSPS) is 21.7. The number of fused-ring (bicyclic) bond motifs is 1. The van der Waals surface area contributed by atoms with E-state index in [1.54, 1.807) is 44.4 Å². The van der Waals surface area contributed by atoms with Crippen LogP contribution in [0.5, 0.6) is 5.75 Å². The number of nitrogens with zero attached hydrogens (tertiary/aromatic N) is 1. The lowest BCUT2D eigenvalue weighted by Crippen LogP contribution is -2.51. The number of hydrogen-bond acceptors (Lipinski definition) is 5. The number of benzene rings is 1. The van der Waals surface area contributed by atoms with Crippen LogP contribution in [0.3, 0.4) is 0 Å². The number of rotatable bonds is 2. The highest BCUT2D eigenvalue weighted by atomic mass is 16.5. The Hall–Kier alpha value is -2.78. The van der Waals surface area contributed by atoms with Gasteiger partial charge in [0.25, 0.3) is 0 Å². The van der Waals surface area contributed by atoms with E-state index in [1.807, 2.05) is 0 Å². The van der Waals surface area contributed by atoms with Gasteiger partial charge in [-0.1, -0.05) is 0 Å². The van der Waals surface area contributed by atoms with Crippen molar-refractivity contribution >= 4 is 5.69 Å². The van der Waals surface area contributed by atoms with E-state index in [0.717, 1.165) is 0 Å². The van der Waals surface area contributed by atoms with Crippen LogP contribution in [0.2, 0.25) is 0 Å². The summed E-state index contributed by atoms with van der Waals surface area (Å²) in [4.78, 5) is 14.8. The third-order valence-corrected chi connectivity index (χ3v) is 4.01. The van der Waals surface area contributed by atoms with E-state index in [1.165, 1.54) is 6.07 Å². The van der Waals surface area contributed by atoms with Crippen LogP contribution in [-0.4, -0.2) is 21.8 Å². The lowest BCUT2D eigenvalue weighted by atomic mass is 9.86. The third kappa shape index (κ3) is 2.67. The number of pyridine rings is 1. The molecule has 0 aliphatic carbocycles. The monoisotopic (exact) mass is 311 g/mol. The second-order valence-electron chi connectivity index (χ2n) is 6.06. The molecule has 2 aromatic rings. The Morgan fingerprint density at radius 3 is 2.87 bits per heavy atom. The number of ether oxygens (including phenoxy) is 1. The van der Waals surface area contributed by atoms with Crippen LogP contribution in [0.25, 0.3) is 0 Å². The molecule has 1 aromatic heterocycles. The average Bonchev–Trinajstić information content (AvgIpc) is 2.53. The molecule has 1 aromatic carbocycles. The number of aromatic nitrogens is 1. The summed E-state index contributed by atoms with van der Waals surface area (Å²) < 4.78 is 5.84. The molecule has 2 heterocycles. The molecule has 3 N–H and O–H groups in total. The highest BCUT2D eigenvalue weighted by molar-refractivity contribution is 5.51. The molecule has 3 rings (SSSR count). The Morgan fingerprint density at radius 1 is 1.39 bits per heavy atom. The second-order valence-corrected chi connectivity index (χ2v) is 6.06. The molecular weight excluding hydrogens is 294 g/mol. The number of aliphatic hydroxyl groups is 1. The number of aliphatic hydroxyl groups excluding tert-OH is 1. The molecule has 118 valence electrons. The zero-order chi connectivity index (χ0) is 16.6. The third-order valence-electron chi connectivity index (χ3n) is 4.01. The first-order valence-electron chi connectivity index (χ1n) is 7.27. The van der Waals surface area contributed by atoms with Crippen molar-refractivity contribution in [1.82, 2.24) is 4.98 Å². The van der Waals surface area contributed by atoms with Gasteiger partial charge in [0.2, 0.25) is 5.43 Å². The summed E-state index contributed by atoms with van der Waals surface area (Å²) in [5.74, 6) is 0.587. The van der Waals surface area contributed by atoms with Crippen LogP contribution in [0.4, 0.5) is 5.69 Å². The van der Waals surface area contributed by atoms with Gasteiger partial charge in [0.15, 0.2) is 0 Å². The number of nitrogens with one attached hydrogen (secondary N) is 2. The zero-order valence-corrected chi connectivity index (χ0v) is 12.8. The van der Waals surface area contributed by atoms with Gasteiger partial charge in [0.05, 0.1) is 23.4 Å². The van der Waals surface area contributed by atoms with Crippen LogP contribution in [0.1, 0.15) is 31.0 Å². The number of aromatic amines is 1. The first kappa shape index (κ1) is 15.1. The number of H-pyrrole nitrogens is 1. The molecule has 6 nitrogen and oxygen atoms in total. The summed E-state index contributed by atoms with van der Waals surface area (Å²) in [5, 5.41) is 22.9. The van der Waals surface area contributed by atoms with E-state index in [9.17, 15) is 9.90 Å². The fraction of sp³-hybridized carbons (Fsp3) is 0.294. The number of nitriles is 1. The Balaban J connectivity index is 2.09. The molecule has 1 aliphatic rings. The van der Waals surface area contributed by atoms with Crippen molar-refractivity contribution in [1.29, 1.82) is 5.26 Å². The fourth-order valence-electron chi connectivity index (χ4n) is 2.72. The van der Waals surface area contributed by atoms with E-state index in [4.69, 9.17) is 10.00 Å². The Bertz CT molecular complexity index is 835. The van der Waals surface area contributed by atoms with E-state index >= 15 is 0 Å². The summed E-state index contributed by atoms with van der Waals surface area (Å²) in [6, 6.07) is 7.97. The van der Waals surface area contributed by atoms with Crippen molar-refractivity contribution in [2.75, 3.05) is 5.32 Å². The van der Waals surface area contributed by atoms with Crippen molar-refractivity contribution in [2.45, 2.75) is 31.6 Å². The highest BCUT2D eigenvalue weighted by Gasteiger charge is 2.43. The largest absolute Gasteiger partial charge is 0.485 e. The molecule has 0 saturated carbocycles. The SMILES string of the molecule is CC1(C)Oc2ccc(C#N)cc2C(Nc2c[nH]ccc2=O)C1O. The summed E-state index contributed by atoms with van der Waals surface area (Å²) >= 11 is 0. The van der Waals surface area contributed by atoms with Gasteiger partial charge in [-0.3, -0.25) is 4.79 Å². The van der Waals surface area contributed by atoms with Crippen molar-refractivity contribution in [3.63, 3.8) is 0 Å². The van der Waals surface area contributed by atoms with Gasteiger partial charge in [0.1, 0.15) is 17.5 Å². The van der Waals surface area contributed by atoms with Gasteiger partial charge in [-0.2, -0.15) is 5.26 Å². The van der Waals surface area contributed by atoms with Gasteiger partial charge in [0, 0.05) is 24.0 Å². The van der Waals surface area contributed by atoms with Gasteiger partial charge >= 0.3 is 0 Å². The maximum absolute atomic E-state index is 11.9. The van der Waals surface area contributed by atoms with Crippen LogP contribution in [0, 0.1) is 11.3 Å². The Morgan fingerprint density at radius 2 is 2.17 bits per heavy atom. The van der Waals surface area contributed by atoms with E-state index in [2.05, 4.69) is 16.4 Å². The van der Waals surface area contributed by atoms with Gasteiger partial charge in [-0.25, -0.2) is 0 Å². The summed E-state index contributed by atoms with van der Waals surface area (Å²) in [6.07, 6.45) is 2.19. The topological polar surface area (TPSA) is 98.1 Å². The van der Waals surface area contributed by atoms with Crippen molar-refractivity contribution in [2.24, 2.45) is 0 Å². The Kier molecular flexibility index (Phi) is 3.58. The predicted octanol–water partition coefficient (Wildman–Crippen LogP) is 1.93. The van der Waals surface area contributed by atoms with Crippen molar-refractivity contribution < 1.29 is 9.84 Å². The summed E-state index contributed by atoms with van der Waals surface area (Å²) in [7, 11) is 0. The zero-order valence-electron chi connectivity index (χ0n) is 12.8. The molecule has 0 amide bonds. The molecule has 2 unspecified atom stereocenters. The van der Waals surface area contributed by atoms with E-state index in [0.29, 0.717) is 22.6 Å². The Labute approximate surface area is 133 Å².